The van der Waals surface area contributed by atoms with Gasteiger partial charge < -0.3 is 15.3 Å². The molecule has 2 rings (SSSR count). The molecule has 0 unspecified atom stereocenters. The molecule has 1 aromatic rings. The number of likely N-dealkylation sites (tertiary alicyclic amines) is 1. The van der Waals surface area contributed by atoms with E-state index in [0.29, 0.717) is 31.0 Å². The molecule has 1 aliphatic heterocycles. The first-order valence-electron chi connectivity index (χ1n) is 7.01. The molecule has 0 spiro atoms. The number of hydrogen-bond acceptors (Lipinski definition) is 2. The van der Waals surface area contributed by atoms with Crippen LogP contribution in [0.3, 0.4) is 0 Å². The lowest BCUT2D eigenvalue weighted by Gasteiger charge is -2.31. The number of carboxylic acids is 1. The molecule has 1 aliphatic rings. The van der Waals surface area contributed by atoms with Crippen LogP contribution in [0.5, 0.6) is 0 Å². The molecule has 6 heteroatoms. The van der Waals surface area contributed by atoms with Crippen LogP contribution in [0.15, 0.2) is 24.3 Å². The third-order valence-corrected chi connectivity index (χ3v) is 4.09. The second kappa shape index (κ2) is 6.80. The number of halogens is 1. The summed E-state index contributed by atoms with van der Waals surface area (Å²) in [6.45, 7) is 2.87. The van der Waals surface area contributed by atoms with Crippen molar-refractivity contribution in [2.24, 2.45) is 5.92 Å². The molecule has 0 saturated carbocycles. The fourth-order valence-corrected chi connectivity index (χ4v) is 2.57. The highest BCUT2D eigenvalue weighted by atomic mass is 35.5. The van der Waals surface area contributed by atoms with Gasteiger partial charge in [0.2, 0.25) is 0 Å². The van der Waals surface area contributed by atoms with Crippen LogP contribution in [0.1, 0.15) is 31.4 Å². The fourth-order valence-electron chi connectivity index (χ4n) is 2.44. The molecule has 114 valence electrons. The monoisotopic (exact) mass is 310 g/mol. The van der Waals surface area contributed by atoms with Gasteiger partial charge in [-0.1, -0.05) is 23.7 Å². The van der Waals surface area contributed by atoms with Crippen molar-refractivity contribution in [2.75, 3.05) is 13.1 Å². The van der Waals surface area contributed by atoms with E-state index < -0.39 is 5.97 Å². The van der Waals surface area contributed by atoms with Crippen molar-refractivity contribution >= 4 is 23.6 Å². The van der Waals surface area contributed by atoms with Gasteiger partial charge in [-0.25, -0.2) is 4.79 Å². The van der Waals surface area contributed by atoms with E-state index in [-0.39, 0.29) is 18.0 Å². The summed E-state index contributed by atoms with van der Waals surface area (Å²) in [5.41, 5.74) is 0.980. The molecule has 1 atom stereocenters. The van der Waals surface area contributed by atoms with Gasteiger partial charge in [-0.05, 0) is 37.5 Å². The van der Waals surface area contributed by atoms with Crippen LogP contribution in [-0.2, 0) is 4.79 Å². The fraction of sp³-hybridized carbons (Fsp3) is 0.467. The van der Waals surface area contributed by atoms with Gasteiger partial charge >= 0.3 is 12.0 Å². The lowest BCUT2D eigenvalue weighted by atomic mass is 9.97. The number of urea groups is 1. The minimum atomic E-state index is -0.774. The second-order valence-electron chi connectivity index (χ2n) is 5.32. The summed E-state index contributed by atoms with van der Waals surface area (Å²) in [4.78, 5) is 24.7. The van der Waals surface area contributed by atoms with Crippen molar-refractivity contribution in [1.82, 2.24) is 10.2 Å². The van der Waals surface area contributed by atoms with Gasteiger partial charge in [0.15, 0.2) is 0 Å². The van der Waals surface area contributed by atoms with Crippen LogP contribution < -0.4 is 5.32 Å². The van der Waals surface area contributed by atoms with Gasteiger partial charge in [0.05, 0.1) is 12.0 Å². The molecule has 1 saturated heterocycles. The van der Waals surface area contributed by atoms with Gasteiger partial charge in [0, 0.05) is 18.1 Å². The number of rotatable bonds is 3. The number of aliphatic carboxylic acids is 1. The minimum Gasteiger partial charge on any atom is -0.481 e. The molecular weight excluding hydrogens is 292 g/mol. The summed E-state index contributed by atoms with van der Waals surface area (Å²) < 4.78 is 0. The Morgan fingerprint density at radius 2 is 1.86 bits per heavy atom. The highest BCUT2D eigenvalue weighted by Gasteiger charge is 2.27. The summed E-state index contributed by atoms with van der Waals surface area (Å²) in [6, 6.07) is 7.07. The van der Waals surface area contributed by atoms with Gasteiger partial charge in [-0.15, -0.1) is 0 Å². The van der Waals surface area contributed by atoms with E-state index >= 15 is 0 Å². The molecular formula is C15H19ClN2O3. The Balaban J connectivity index is 1.87. The van der Waals surface area contributed by atoms with E-state index in [1.165, 1.54) is 0 Å². The summed E-state index contributed by atoms with van der Waals surface area (Å²) in [6.07, 6.45) is 1.02. The maximum Gasteiger partial charge on any atom is 0.317 e. The van der Waals surface area contributed by atoms with Crippen molar-refractivity contribution in [3.8, 4) is 0 Å². The molecule has 21 heavy (non-hydrogen) atoms. The number of hydrogen-bond donors (Lipinski definition) is 2. The Bertz CT molecular complexity index is 510. The number of nitrogens with zero attached hydrogens (tertiary/aromatic N) is 1. The largest absolute Gasteiger partial charge is 0.481 e. The predicted molar refractivity (Wildman–Crippen MR) is 80.3 cm³/mol. The maximum absolute atomic E-state index is 12.2. The SMILES string of the molecule is C[C@H](NC(=O)N1CCC(C(=O)O)CC1)c1ccc(Cl)cc1. The Morgan fingerprint density at radius 1 is 1.29 bits per heavy atom. The highest BCUT2D eigenvalue weighted by Crippen LogP contribution is 2.19. The van der Waals surface area contributed by atoms with Crippen molar-refractivity contribution in [3.63, 3.8) is 0 Å². The number of carboxylic acid groups (broad SMARTS) is 1. The average molecular weight is 311 g/mol. The molecule has 1 heterocycles. The van der Waals surface area contributed by atoms with E-state index in [1.54, 1.807) is 17.0 Å². The van der Waals surface area contributed by atoms with Crippen LogP contribution in [0.4, 0.5) is 4.79 Å². The Kier molecular flexibility index (Phi) is 5.07. The zero-order valence-electron chi connectivity index (χ0n) is 11.9. The first-order chi connectivity index (χ1) is 9.97. The van der Waals surface area contributed by atoms with Crippen molar-refractivity contribution in [3.05, 3.63) is 34.9 Å². The average Bonchev–Trinajstić information content (AvgIpc) is 2.47. The molecule has 2 amide bonds. The first kappa shape index (κ1) is 15.6. The zero-order valence-corrected chi connectivity index (χ0v) is 12.6. The summed E-state index contributed by atoms with van der Waals surface area (Å²) >= 11 is 5.84. The first-order valence-corrected chi connectivity index (χ1v) is 7.39. The van der Waals surface area contributed by atoms with Gasteiger partial charge in [0.1, 0.15) is 0 Å². The molecule has 1 aromatic carbocycles. The van der Waals surface area contributed by atoms with Crippen molar-refractivity contribution in [1.29, 1.82) is 0 Å². The lowest BCUT2D eigenvalue weighted by molar-refractivity contribution is -0.143. The van der Waals surface area contributed by atoms with Crippen LogP contribution in [0.2, 0.25) is 5.02 Å². The van der Waals surface area contributed by atoms with Gasteiger partial charge in [-0.2, -0.15) is 0 Å². The smallest absolute Gasteiger partial charge is 0.317 e. The van der Waals surface area contributed by atoms with Crippen LogP contribution >= 0.6 is 11.6 Å². The molecule has 0 bridgehead atoms. The number of carbonyl (C=O) groups excluding carboxylic acids is 1. The van der Waals surface area contributed by atoms with Crippen LogP contribution in [0.25, 0.3) is 0 Å². The van der Waals surface area contributed by atoms with Crippen molar-refractivity contribution in [2.45, 2.75) is 25.8 Å². The minimum absolute atomic E-state index is 0.119. The van der Waals surface area contributed by atoms with E-state index in [2.05, 4.69) is 5.32 Å². The highest BCUT2D eigenvalue weighted by molar-refractivity contribution is 6.30. The van der Waals surface area contributed by atoms with Crippen molar-refractivity contribution < 1.29 is 14.7 Å². The standard InChI is InChI=1S/C15H19ClN2O3/c1-10(11-2-4-13(16)5-3-11)17-15(21)18-8-6-12(7-9-18)14(19)20/h2-5,10,12H,6-9H2,1H3,(H,17,21)(H,19,20)/t10-/m0/s1. The maximum atomic E-state index is 12.2. The lowest BCUT2D eigenvalue weighted by Crippen LogP contribution is -2.46. The van der Waals surface area contributed by atoms with Gasteiger partial charge in [0.25, 0.3) is 0 Å². The van der Waals surface area contributed by atoms with E-state index in [9.17, 15) is 9.59 Å². The Morgan fingerprint density at radius 3 is 2.38 bits per heavy atom. The topological polar surface area (TPSA) is 69.6 Å². The quantitative estimate of drug-likeness (QED) is 0.902. The summed E-state index contributed by atoms with van der Waals surface area (Å²) in [7, 11) is 0. The molecule has 0 radical (unpaired) electrons. The Hall–Kier alpha value is -1.75. The van der Waals surface area contributed by atoms with E-state index in [0.717, 1.165) is 5.56 Å². The summed E-state index contributed by atoms with van der Waals surface area (Å²) in [5, 5.41) is 12.5. The number of benzene rings is 1. The van der Waals surface area contributed by atoms with E-state index in [4.69, 9.17) is 16.7 Å². The second-order valence-corrected chi connectivity index (χ2v) is 5.76. The predicted octanol–water partition coefficient (Wildman–Crippen LogP) is 2.91. The molecule has 0 aromatic heterocycles. The number of nitrogens with one attached hydrogen (secondary N) is 1. The van der Waals surface area contributed by atoms with E-state index in [1.807, 2.05) is 19.1 Å². The third kappa shape index (κ3) is 4.11. The third-order valence-electron chi connectivity index (χ3n) is 3.84. The molecule has 2 N–H and O–H groups in total. The normalized spacial score (nSPS) is 17.3. The molecule has 0 aliphatic carbocycles. The zero-order chi connectivity index (χ0) is 15.4. The Labute approximate surface area is 128 Å². The van der Waals surface area contributed by atoms with Crippen LogP contribution in [0, 0.1) is 5.92 Å². The number of carbonyl (C=O) groups is 2. The number of amides is 2. The van der Waals surface area contributed by atoms with Crippen LogP contribution in [-0.4, -0.2) is 35.1 Å². The van der Waals surface area contributed by atoms with Gasteiger partial charge in [-0.3, -0.25) is 4.79 Å². The summed E-state index contributed by atoms with van der Waals surface area (Å²) in [5.74, 6) is -1.10. The molecule has 1 fully saturated rings. The molecule has 5 nitrogen and oxygen atoms in total. The number of piperidine rings is 1.